The van der Waals surface area contributed by atoms with Crippen LogP contribution in [-0.4, -0.2) is 41.0 Å². The summed E-state index contributed by atoms with van der Waals surface area (Å²) in [6, 6.07) is 9.90. The maximum Gasteiger partial charge on any atom is 0.126 e. The molecule has 0 atom stereocenters. The highest BCUT2D eigenvalue weighted by atomic mass is 19.1. The summed E-state index contributed by atoms with van der Waals surface area (Å²) < 4.78 is 26.6. The summed E-state index contributed by atoms with van der Waals surface area (Å²) in [5.74, 6) is -1.04. The lowest BCUT2D eigenvalue weighted by molar-refractivity contribution is 0.249. The van der Waals surface area contributed by atoms with Gasteiger partial charge in [0.2, 0.25) is 0 Å². The van der Waals surface area contributed by atoms with Crippen LogP contribution in [0, 0.1) is 11.6 Å². The number of fused-ring (bicyclic) bond motifs is 1. The molecule has 0 spiro atoms. The number of aromatic nitrogens is 2. The third-order valence-corrected chi connectivity index (χ3v) is 4.55. The number of nitrogens with zero attached hydrogens (tertiary/aromatic N) is 4. The number of benzene rings is 2. The lowest BCUT2D eigenvalue weighted by Gasteiger charge is -2.36. The molecule has 1 aromatic heterocycles. The molecule has 0 radical (unpaired) electrons. The van der Waals surface area contributed by atoms with Crippen molar-refractivity contribution < 1.29 is 8.78 Å². The van der Waals surface area contributed by atoms with Crippen LogP contribution in [0.2, 0.25) is 0 Å². The highest BCUT2D eigenvalue weighted by Crippen LogP contribution is 2.22. The lowest BCUT2D eigenvalue weighted by atomic mass is 10.1. The van der Waals surface area contributed by atoms with Gasteiger partial charge in [-0.2, -0.15) is 0 Å². The van der Waals surface area contributed by atoms with E-state index in [4.69, 9.17) is 0 Å². The van der Waals surface area contributed by atoms with Gasteiger partial charge < -0.3 is 4.90 Å². The van der Waals surface area contributed by atoms with Crippen molar-refractivity contribution in [3.05, 3.63) is 66.1 Å². The van der Waals surface area contributed by atoms with Crippen LogP contribution in [0.3, 0.4) is 0 Å². The van der Waals surface area contributed by atoms with Crippen molar-refractivity contribution in [3.8, 4) is 0 Å². The fraction of sp³-hybridized carbons (Fsp3) is 0.263. The molecule has 128 valence electrons. The molecular weight excluding hydrogens is 322 g/mol. The third kappa shape index (κ3) is 3.58. The Morgan fingerprint density at radius 2 is 1.68 bits per heavy atom. The van der Waals surface area contributed by atoms with E-state index in [0.717, 1.165) is 48.8 Å². The first-order chi connectivity index (χ1) is 12.2. The van der Waals surface area contributed by atoms with E-state index in [1.807, 2.05) is 12.3 Å². The summed E-state index contributed by atoms with van der Waals surface area (Å²) in [4.78, 5) is 12.8. The first kappa shape index (κ1) is 15.9. The topological polar surface area (TPSA) is 32.3 Å². The molecule has 0 unspecified atom stereocenters. The van der Waals surface area contributed by atoms with Gasteiger partial charge in [0.05, 0.1) is 5.52 Å². The summed E-state index contributed by atoms with van der Waals surface area (Å²) in [6.07, 6.45) is 3.37. The number of piperazine rings is 1. The fourth-order valence-electron chi connectivity index (χ4n) is 3.29. The molecule has 0 aliphatic carbocycles. The van der Waals surface area contributed by atoms with E-state index < -0.39 is 11.6 Å². The molecule has 0 amide bonds. The first-order valence-electron chi connectivity index (χ1n) is 8.29. The van der Waals surface area contributed by atoms with Gasteiger partial charge >= 0.3 is 0 Å². The first-order valence-corrected chi connectivity index (χ1v) is 8.29. The molecular formula is C19H18F2N4. The molecule has 2 aromatic carbocycles. The van der Waals surface area contributed by atoms with E-state index in [1.165, 1.54) is 12.1 Å². The van der Waals surface area contributed by atoms with Crippen LogP contribution in [0.15, 0.2) is 48.9 Å². The number of halogens is 2. The summed E-state index contributed by atoms with van der Waals surface area (Å²) in [7, 11) is 0. The second kappa shape index (κ2) is 6.72. The van der Waals surface area contributed by atoms with Gasteiger partial charge in [-0.05, 0) is 35.9 Å². The largest absolute Gasteiger partial charge is 0.369 e. The molecule has 1 aliphatic rings. The minimum atomic E-state index is -0.521. The van der Waals surface area contributed by atoms with Crippen molar-refractivity contribution in [1.29, 1.82) is 0 Å². The van der Waals surface area contributed by atoms with Crippen molar-refractivity contribution in [3.63, 3.8) is 0 Å². The molecule has 3 aromatic rings. The van der Waals surface area contributed by atoms with E-state index in [2.05, 4.69) is 31.9 Å². The van der Waals surface area contributed by atoms with E-state index >= 15 is 0 Å². The molecule has 0 saturated carbocycles. The second-order valence-corrected chi connectivity index (χ2v) is 6.31. The monoisotopic (exact) mass is 340 g/mol. The third-order valence-electron chi connectivity index (χ3n) is 4.55. The van der Waals surface area contributed by atoms with Crippen LogP contribution in [-0.2, 0) is 6.54 Å². The van der Waals surface area contributed by atoms with E-state index in [9.17, 15) is 8.78 Å². The van der Waals surface area contributed by atoms with Crippen molar-refractivity contribution in [2.45, 2.75) is 6.54 Å². The van der Waals surface area contributed by atoms with E-state index in [0.29, 0.717) is 12.1 Å². The second-order valence-electron chi connectivity index (χ2n) is 6.31. The Hall–Kier alpha value is -2.60. The molecule has 0 bridgehead atoms. The van der Waals surface area contributed by atoms with Gasteiger partial charge in [0.15, 0.2) is 0 Å². The number of hydrogen-bond acceptors (Lipinski definition) is 4. The SMILES string of the molecule is Fc1cc(F)cc(CN2CCN(c3ccc4ncncc4c3)CC2)c1. The van der Waals surface area contributed by atoms with Gasteiger partial charge in [-0.3, -0.25) is 4.90 Å². The molecule has 1 saturated heterocycles. The quantitative estimate of drug-likeness (QED) is 0.733. The number of hydrogen-bond donors (Lipinski definition) is 0. The van der Waals surface area contributed by atoms with Crippen LogP contribution < -0.4 is 4.90 Å². The highest BCUT2D eigenvalue weighted by Gasteiger charge is 2.18. The molecule has 0 N–H and O–H groups in total. The van der Waals surface area contributed by atoms with Gasteiger partial charge in [-0.15, -0.1) is 0 Å². The van der Waals surface area contributed by atoms with Crippen molar-refractivity contribution in [2.24, 2.45) is 0 Å². The van der Waals surface area contributed by atoms with Gasteiger partial charge in [-0.25, -0.2) is 18.7 Å². The van der Waals surface area contributed by atoms with Crippen LogP contribution in [0.25, 0.3) is 10.9 Å². The Labute approximate surface area is 144 Å². The maximum absolute atomic E-state index is 13.3. The van der Waals surface area contributed by atoms with Crippen LogP contribution in [0.1, 0.15) is 5.56 Å². The summed E-state index contributed by atoms with van der Waals surface area (Å²) >= 11 is 0. The van der Waals surface area contributed by atoms with E-state index in [1.54, 1.807) is 6.33 Å². The predicted octanol–water partition coefficient (Wildman–Crippen LogP) is 3.23. The molecule has 1 aliphatic heterocycles. The average molecular weight is 340 g/mol. The Kier molecular flexibility index (Phi) is 4.28. The maximum atomic E-state index is 13.3. The highest BCUT2D eigenvalue weighted by molar-refractivity contribution is 5.81. The summed E-state index contributed by atoms with van der Waals surface area (Å²) in [5, 5.41) is 1.03. The molecule has 6 heteroatoms. The molecule has 25 heavy (non-hydrogen) atoms. The zero-order valence-corrected chi connectivity index (χ0v) is 13.7. The minimum absolute atomic E-state index is 0.521. The summed E-state index contributed by atoms with van der Waals surface area (Å²) in [6.45, 7) is 4.00. The Bertz CT molecular complexity index is 871. The average Bonchev–Trinajstić information content (AvgIpc) is 2.61. The van der Waals surface area contributed by atoms with Crippen LogP contribution in [0.4, 0.5) is 14.5 Å². The molecule has 1 fully saturated rings. The molecule has 4 nitrogen and oxygen atoms in total. The van der Waals surface area contributed by atoms with Crippen molar-refractivity contribution in [1.82, 2.24) is 14.9 Å². The van der Waals surface area contributed by atoms with Gasteiger partial charge in [-0.1, -0.05) is 0 Å². The Morgan fingerprint density at radius 3 is 2.44 bits per heavy atom. The number of rotatable bonds is 3. The Morgan fingerprint density at radius 1 is 0.920 bits per heavy atom. The standard InChI is InChI=1S/C19H18F2N4/c20-16-7-14(8-17(21)10-16)12-24-3-5-25(6-4-24)18-1-2-19-15(9-18)11-22-13-23-19/h1-2,7-11,13H,3-6,12H2. The van der Waals surface area contributed by atoms with E-state index in [-0.39, 0.29) is 0 Å². The normalized spacial score (nSPS) is 15.7. The zero-order chi connectivity index (χ0) is 17.2. The van der Waals surface area contributed by atoms with Crippen LogP contribution >= 0.6 is 0 Å². The minimum Gasteiger partial charge on any atom is -0.369 e. The molecule has 2 heterocycles. The van der Waals surface area contributed by atoms with Gasteiger partial charge in [0.25, 0.3) is 0 Å². The Balaban J connectivity index is 1.42. The van der Waals surface area contributed by atoms with Gasteiger partial charge in [0.1, 0.15) is 18.0 Å². The predicted molar refractivity (Wildman–Crippen MR) is 93.4 cm³/mol. The van der Waals surface area contributed by atoms with Crippen molar-refractivity contribution in [2.75, 3.05) is 31.1 Å². The number of anilines is 1. The van der Waals surface area contributed by atoms with Gasteiger partial charge in [0, 0.05) is 56.1 Å². The summed E-state index contributed by atoms with van der Waals surface area (Å²) in [5.41, 5.74) is 2.76. The smallest absolute Gasteiger partial charge is 0.126 e. The molecule has 4 rings (SSSR count). The van der Waals surface area contributed by atoms with Crippen molar-refractivity contribution >= 4 is 16.6 Å². The fourth-order valence-corrected chi connectivity index (χ4v) is 3.29. The zero-order valence-electron chi connectivity index (χ0n) is 13.7. The lowest BCUT2D eigenvalue weighted by Crippen LogP contribution is -2.46. The van der Waals surface area contributed by atoms with Crippen LogP contribution in [0.5, 0.6) is 0 Å².